The van der Waals surface area contributed by atoms with Crippen molar-refractivity contribution in [3.63, 3.8) is 0 Å². The third kappa shape index (κ3) is 7.21. The Morgan fingerprint density at radius 2 is 1.63 bits per heavy atom. The van der Waals surface area contributed by atoms with Crippen molar-refractivity contribution in [1.29, 1.82) is 0 Å². The van der Waals surface area contributed by atoms with E-state index in [0.717, 1.165) is 17.0 Å². The summed E-state index contributed by atoms with van der Waals surface area (Å²) < 4.78 is 11.4. The van der Waals surface area contributed by atoms with Gasteiger partial charge in [-0.3, -0.25) is 5.26 Å². The molecule has 2 N–H and O–H groups in total. The van der Waals surface area contributed by atoms with Crippen molar-refractivity contribution in [1.82, 2.24) is 4.98 Å². The normalized spacial score (nSPS) is 9.83. The molecule has 0 aliphatic carbocycles. The van der Waals surface area contributed by atoms with Crippen LogP contribution in [0.1, 0.15) is 50.3 Å². The number of phenols is 1. The highest BCUT2D eigenvalue weighted by atomic mass is 17.1. The molecule has 0 saturated carbocycles. The van der Waals surface area contributed by atoms with E-state index in [4.69, 9.17) is 14.4 Å². The number of ether oxygens (including phenoxy) is 1. The minimum Gasteiger partial charge on any atom is -0.507 e. The van der Waals surface area contributed by atoms with Gasteiger partial charge in [-0.2, -0.15) is 0 Å². The van der Waals surface area contributed by atoms with Gasteiger partial charge in [0.05, 0.1) is 12.3 Å². The summed E-state index contributed by atoms with van der Waals surface area (Å²) in [5.41, 5.74) is 3.45. The molecule has 0 fully saturated rings. The standard InChI is InChI=1S/C20H21NO5.2C2H6/c1-13-3-5-15(6-4-13)20-21-18(14(2)26-20)9-10-24-17-8-7-16(12-25-23)19(22)11-17;2*1-2/h3-8,11,22-23H,9-10,12H2,1-2H3;2*1-2H3. The van der Waals surface area contributed by atoms with Gasteiger partial charge in [0.25, 0.3) is 0 Å². The van der Waals surface area contributed by atoms with Crippen molar-refractivity contribution >= 4 is 0 Å². The molecule has 6 nitrogen and oxygen atoms in total. The first kappa shape index (κ1) is 25.2. The molecule has 1 heterocycles. The lowest BCUT2D eigenvalue weighted by Gasteiger charge is -2.08. The van der Waals surface area contributed by atoms with Crippen LogP contribution in [0.5, 0.6) is 11.5 Å². The van der Waals surface area contributed by atoms with E-state index in [1.54, 1.807) is 12.1 Å². The molecule has 3 aromatic rings. The number of hydrogen-bond acceptors (Lipinski definition) is 6. The van der Waals surface area contributed by atoms with Crippen LogP contribution in [0.2, 0.25) is 0 Å². The van der Waals surface area contributed by atoms with Gasteiger partial charge in [-0.1, -0.05) is 45.4 Å². The summed E-state index contributed by atoms with van der Waals surface area (Å²) in [7, 11) is 0. The molecule has 6 heteroatoms. The average molecular weight is 416 g/mol. The predicted octanol–water partition coefficient (Wildman–Crippen LogP) is 6.33. The Hall–Kier alpha value is -2.83. The van der Waals surface area contributed by atoms with Crippen LogP contribution in [0.15, 0.2) is 46.9 Å². The fraction of sp³-hybridized carbons (Fsp3) is 0.375. The van der Waals surface area contributed by atoms with E-state index in [9.17, 15) is 5.11 Å². The van der Waals surface area contributed by atoms with Crippen LogP contribution in [0, 0.1) is 13.8 Å². The SMILES string of the molecule is CC.CC.Cc1ccc(-c2nc(CCOc3ccc(COO)c(O)c3)c(C)o2)cc1. The number of aromatic hydroxyl groups is 1. The average Bonchev–Trinajstić information content (AvgIpc) is 3.14. The number of aryl methyl sites for hydroxylation is 2. The highest BCUT2D eigenvalue weighted by molar-refractivity contribution is 5.54. The summed E-state index contributed by atoms with van der Waals surface area (Å²) >= 11 is 0. The Labute approximate surface area is 179 Å². The van der Waals surface area contributed by atoms with Gasteiger partial charge in [0, 0.05) is 23.6 Å². The maximum Gasteiger partial charge on any atom is 0.226 e. The fourth-order valence-electron chi connectivity index (χ4n) is 2.57. The Morgan fingerprint density at radius 3 is 2.23 bits per heavy atom. The molecular formula is C24H33NO5. The van der Waals surface area contributed by atoms with E-state index in [1.807, 2.05) is 65.8 Å². The summed E-state index contributed by atoms with van der Waals surface area (Å²) in [4.78, 5) is 8.58. The molecule has 0 spiro atoms. The van der Waals surface area contributed by atoms with Crippen LogP contribution < -0.4 is 4.74 Å². The van der Waals surface area contributed by atoms with E-state index in [2.05, 4.69) is 9.87 Å². The van der Waals surface area contributed by atoms with Gasteiger partial charge in [-0.25, -0.2) is 9.87 Å². The topological polar surface area (TPSA) is 85.0 Å². The Balaban J connectivity index is 0.00000106. The number of oxazole rings is 1. The number of phenolic OH excluding ortho intramolecular Hbond substituents is 1. The first-order valence-electron chi connectivity index (χ1n) is 10.3. The minimum atomic E-state index is -0.0773. The second-order valence-electron chi connectivity index (χ2n) is 6.05. The van der Waals surface area contributed by atoms with Gasteiger partial charge in [0.15, 0.2) is 0 Å². The Morgan fingerprint density at radius 1 is 0.967 bits per heavy atom. The van der Waals surface area contributed by atoms with Crippen LogP contribution in [-0.4, -0.2) is 22.0 Å². The van der Waals surface area contributed by atoms with Crippen molar-refractivity contribution in [2.24, 2.45) is 0 Å². The third-order valence-electron chi connectivity index (χ3n) is 4.08. The molecule has 0 unspecified atom stereocenters. The molecule has 164 valence electrons. The second-order valence-corrected chi connectivity index (χ2v) is 6.05. The first-order chi connectivity index (χ1) is 14.6. The number of benzene rings is 2. The zero-order valence-corrected chi connectivity index (χ0v) is 18.7. The van der Waals surface area contributed by atoms with E-state index < -0.39 is 0 Å². The highest BCUT2D eigenvalue weighted by Gasteiger charge is 2.12. The molecule has 0 bridgehead atoms. The van der Waals surface area contributed by atoms with E-state index in [-0.39, 0.29) is 12.4 Å². The van der Waals surface area contributed by atoms with Crippen molar-refractivity contribution in [3.05, 3.63) is 65.0 Å². The summed E-state index contributed by atoms with van der Waals surface area (Å²) in [6.07, 6.45) is 0.587. The maximum absolute atomic E-state index is 9.83. The monoisotopic (exact) mass is 415 g/mol. The van der Waals surface area contributed by atoms with Crippen molar-refractivity contribution in [2.45, 2.75) is 54.6 Å². The van der Waals surface area contributed by atoms with E-state index in [0.29, 0.717) is 30.2 Å². The molecular weight excluding hydrogens is 382 g/mol. The number of nitrogens with zero attached hydrogens (tertiary/aromatic N) is 1. The number of aromatic nitrogens is 1. The third-order valence-corrected chi connectivity index (χ3v) is 4.08. The molecule has 0 aliphatic heterocycles. The second kappa shape index (κ2) is 13.4. The molecule has 3 rings (SSSR count). The van der Waals surface area contributed by atoms with Crippen LogP contribution in [0.4, 0.5) is 0 Å². The summed E-state index contributed by atoms with van der Waals surface area (Å²) in [6, 6.07) is 12.9. The smallest absolute Gasteiger partial charge is 0.226 e. The molecule has 30 heavy (non-hydrogen) atoms. The fourth-order valence-corrected chi connectivity index (χ4v) is 2.57. The van der Waals surface area contributed by atoms with Gasteiger partial charge in [0.2, 0.25) is 5.89 Å². The van der Waals surface area contributed by atoms with Gasteiger partial charge in [-0.15, -0.1) is 0 Å². The number of rotatable bonds is 7. The Bertz CT molecular complexity index is 872. The van der Waals surface area contributed by atoms with Crippen molar-refractivity contribution < 1.29 is 24.4 Å². The zero-order valence-electron chi connectivity index (χ0n) is 18.7. The molecule has 0 saturated heterocycles. The van der Waals surface area contributed by atoms with Crippen LogP contribution in [-0.2, 0) is 17.9 Å². The summed E-state index contributed by atoms with van der Waals surface area (Å²) in [5, 5.41) is 18.3. The molecule has 0 atom stereocenters. The molecule has 1 aromatic heterocycles. The van der Waals surface area contributed by atoms with Gasteiger partial charge < -0.3 is 14.3 Å². The van der Waals surface area contributed by atoms with Gasteiger partial charge in [-0.05, 0) is 38.1 Å². The summed E-state index contributed by atoms with van der Waals surface area (Å²) in [5.74, 6) is 1.91. The highest BCUT2D eigenvalue weighted by Crippen LogP contribution is 2.25. The van der Waals surface area contributed by atoms with E-state index in [1.165, 1.54) is 11.6 Å². The lowest BCUT2D eigenvalue weighted by molar-refractivity contribution is -0.253. The van der Waals surface area contributed by atoms with Crippen molar-refractivity contribution in [3.8, 4) is 23.0 Å². The largest absolute Gasteiger partial charge is 0.507 e. The minimum absolute atomic E-state index is 0.0100. The molecule has 2 aromatic carbocycles. The maximum atomic E-state index is 9.83. The van der Waals surface area contributed by atoms with Crippen LogP contribution in [0.3, 0.4) is 0 Å². The van der Waals surface area contributed by atoms with Crippen LogP contribution in [0.25, 0.3) is 11.5 Å². The lowest BCUT2D eigenvalue weighted by Crippen LogP contribution is -2.03. The summed E-state index contributed by atoms with van der Waals surface area (Å²) in [6.45, 7) is 12.2. The predicted molar refractivity (Wildman–Crippen MR) is 119 cm³/mol. The first-order valence-corrected chi connectivity index (χ1v) is 10.3. The molecule has 0 amide bonds. The van der Waals surface area contributed by atoms with E-state index >= 15 is 0 Å². The van der Waals surface area contributed by atoms with Crippen LogP contribution >= 0.6 is 0 Å². The van der Waals surface area contributed by atoms with Gasteiger partial charge >= 0.3 is 0 Å². The Kier molecular flexibility index (Phi) is 11.3. The molecule has 0 radical (unpaired) electrons. The zero-order chi connectivity index (χ0) is 22.5. The van der Waals surface area contributed by atoms with Gasteiger partial charge in [0.1, 0.15) is 23.9 Å². The lowest BCUT2D eigenvalue weighted by atomic mass is 10.1. The van der Waals surface area contributed by atoms with Crippen molar-refractivity contribution in [2.75, 3.05) is 6.61 Å². The quantitative estimate of drug-likeness (QED) is 0.346. The molecule has 0 aliphatic rings. The number of hydrogen-bond donors (Lipinski definition) is 2.